The van der Waals surface area contributed by atoms with E-state index in [4.69, 9.17) is 5.73 Å². The van der Waals surface area contributed by atoms with Crippen molar-refractivity contribution in [3.8, 4) is 0 Å². The predicted molar refractivity (Wildman–Crippen MR) is 83.5 cm³/mol. The first-order valence-electron chi connectivity index (χ1n) is 7.50. The Balaban J connectivity index is 2.04. The summed E-state index contributed by atoms with van der Waals surface area (Å²) in [5.74, 6) is 0.658. The van der Waals surface area contributed by atoms with E-state index in [1.54, 1.807) is 0 Å². The van der Waals surface area contributed by atoms with Gasteiger partial charge in [0.2, 0.25) is 0 Å². The number of rotatable bonds is 3. The van der Waals surface area contributed by atoms with Gasteiger partial charge in [-0.15, -0.1) is 0 Å². The number of aromatic nitrogens is 1. The first-order valence-corrected chi connectivity index (χ1v) is 7.50. The van der Waals surface area contributed by atoms with Gasteiger partial charge in [-0.25, -0.2) is 0 Å². The quantitative estimate of drug-likeness (QED) is 0.931. The molecule has 3 nitrogen and oxygen atoms in total. The lowest BCUT2D eigenvalue weighted by atomic mass is 9.97. The Kier molecular flexibility index (Phi) is 3.72. The third-order valence-corrected chi connectivity index (χ3v) is 4.13. The number of benzene rings is 1. The predicted octanol–water partition coefficient (Wildman–Crippen LogP) is 2.96. The molecular formula is C17H23N3. The van der Waals surface area contributed by atoms with Gasteiger partial charge in [-0.1, -0.05) is 38.1 Å². The zero-order valence-electron chi connectivity index (χ0n) is 12.3. The first kappa shape index (κ1) is 13.5. The highest BCUT2D eigenvalue weighted by Crippen LogP contribution is 2.34. The number of pyridine rings is 1. The Morgan fingerprint density at radius 2 is 2.10 bits per heavy atom. The van der Waals surface area contributed by atoms with Crippen LogP contribution in [0.4, 0.5) is 0 Å². The van der Waals surface area contributed by atoms with E-state index < -0.39 is 0 Å². The number of hydrogen-bond acceptors (Lipinski definition) is 3. The Morgan fingerprint density at radius 3 is 2.90 bits per heavy atom. The van der Waals surface area contributed by atoms with Crippen LogP contribution in [-0.2, 0) is 0 Å². The van der Waals surface area contributed by atoms with Gasteiger partial charge in [-0.05, 0) is 24.0 Å². The number of para-hydroxylation sites is 1. The zero-order valence-corrected chi connectivity index (χ0v) is 12.3. The number of nitrogens with two attached hydrogens (primary N) is 1. The summed E-state index contributed by atoms with van der Waals surface area (Å²) >= 11 is 0. The monoisotopic (exact) mass is 269 g/mol. The van der Waals surface area contributed by atoms with Crippen LogP contribution in [0.15, 0.2) is 36.5 Å². The van der Waals surface area contributed by atoms with Crippen LogP contribution in [0.1, 0.15) is 31.9 Å². The third-order valence-electron chi connectivity index (χ3n) is 4.13. The molecule has 3 rings (SSSR count). The van der Waals surface area contributed by atoms with Gasteiger partial charge >= 0.3 is 0 Å². The van der Waals surface area contributed by atoms with Crippen LogP contribution in [-0.4, -0.2) is 29.0 Å². The second-order valence-corrected chi connectivity index (χ2v) is 6.21. The van der Waals surface area contributed by atoms with Gasteiger partial charge in [-0.3, -0.25) is 9.88 Å². The van der Waals surface area contributed by atoms with E-state index >= 15 is 0 Å². The van der Waals surface area contributed by atoms with Gasteiger partial charge in [0.05, 0.1) is 11.6 Å². The smallest absolute Gasteiger partial charge is 0.0750 e. The van der Waals surface area contributed by atoms with E-state index in [-0.39, 0.29) is 6.04 Å². The molecular weight excluding hydrogens is 246 g/mol. The van der Waals surface area contributed by atoms with Crippen LogP contribution in [0, 0.1) is 5.92 Å². The fraction of sp³-hybridized carbons (Fsp3) is 0.471. The maximum Gasteiger partial charge on any atom is 0.0750 e. The summed E-state index contributed by atoms with van der Waals surface area (Å²) in [6.45, 7) is 6.72. The van der Waals surface area contributed by atoms with E-state index in [2.05, 4.69) is 48.0 Å². The molecule has 2 aromatic rings. The average molecular weight is 269 g/mol. The topological polar surface area (TPSA) is 42.1 Å². The molecule has 1 aromatic heterocycles. The Bertz CT molecular complexity index is 588. The molecule has 2 unspecified atom stereocenters. The van der Waals surface area contributed by atoms with Gasteiger partial charge in [-0.2, -0.15) is 0 Å². The van der Waals surface area contributed by atoms with Crippen molar-refractivity contribution in [3.05, 3.63) is 42.1 Å². The fourth-order valence-electron chi connectivity index (χ4n) is 3.35. The molecule has 2 atom stereocenters. The number of nitrogens with zero attached hydrogens (tertiary/aromatic N) is 2. The van der Waals surface area contributed by atoms with Crippen molar-refractivity contribution in [1.82, 2.24) is 9.88 Å². The summed E-state index contributed by atoms with van der Waals surface area (Å²) < 4.78 is 0. The minimum Gasteiger partial charge on any atom is -0.326 e. The summed E-state index contributed by atoms with van der Waals surface area (Å²) in [6.07, 6.45) is 2.94. The molecule has 20 heavy (non-hydrogen) atoms. The lowest BCUT2D eigenvalue weighted by Gasteiger charge is -2.29. The molecule has 1 aliphatic rings. The van der Waals surface area contributed by atoms with Gasteiger partial charge < -0.3 is 5.73 Å². The lowest BCUT2D eigenvalue weighted by molar-refractivity contribution is 0.222. The van der Waals surface area contributed by atoms with Gasteiger partial charge in [0, 0.05) is 30.7 Å². The Labute approximate surface area is 120 Å². The summed E-state index contributed by atoms with van der Waals surface area (Å²) in [5.41, 5.74) is 8.79. The Morgan fingerprint density at radius 1 is 1.30 bits per heavy atom. The van der Waals surface area contributed by atoms with Crippen LogP contribution >= 0.6 is 0 Å². The zero-order chi connectivity index (χ0) is 14.1. The minimum absolute atomic E-state index is 0.210. The molecule has 0 spiro atoms. The number of likely N-dealkylation sites (tertiary alicyclic amines) is 1. The van der Waals surface area contributed by atoms with Gasteiger partial charge in [0.15, 0.2) is 0 Å². The summed E-state index contributed by atoms with van der Waals surface area (Å²) in [7, 11) is 0. The summed E-state index contributed by atoms with van der Waals surface area (Å²) in [5, 5.41) is 1.20. The molecule has 0 bridgehead atoms. The van der Waals surface area contributed by atoms with Crippen molar-refractivity contribution < 1.29 is 0 Å². The molecule has 0 radical (unpaired) electrons. The van der Waals surface area contributed by atoms with E-state index in [1.165, 1.54) is 10.9 Å². The van der Waals surface area contributed by atoms with Crippen LogP contribution < -0.4 is 5.73 Å². The second kappa shape index (κ2) is 5.51. The van der Waals surface area contributed by atoms with Crippen molar-refractivity contribution in [1.29, 1.82) is 0 Å². The largest absolute Gasteiger partial charge is 0.326 e. The van der Waals surface area contributed by atoms with Crippen LogP contribution in [0.25, 0.3) is 10.9 Å². The van der Waals surface area contributed by atoms with Crippen LogP contribution in [0.5, 0.6) is 0 Å². The first-order chi connectivity index (χ1) is 9.66. The molecule has 2 heterocycles. The highest BCUT2D eigenvalue weighted by Gasteiger charge is 2.34. The highest BCUT2D eigenvalue weighted by atomic mass is 15.2. The molecule has 0 saturated carbocycles. The maximum absolute atomic E-state index is 6.40. The highest BCUT2D eigenvalue weighted by molar-refractivity contribution is 5.82. The Hall–Kier alpha value is -1.45. The van der Waals surface area contributed by atoms with Crippen molar-refractivity contribution in [3.63, 3.8) is 0 Å². The molecule has 3 heteroatoms. The molecule has 1 aliphatic heterocycles. The normalized spacial score (nSPS) is 23.8. The summed E-state index contributed by atoms with van der Waals surface area (Å²) in [4.78, 5) is 7.12. The number of hydrogen-bond donors (Lipinski definition) is 1. The van der Waals surface area contributed by atoms with Crippen LogP contribution in [0.3, 0.4) is 0 Å². The minimum atomic E-state index is 0.210. The van der Waals surface area contributed by atoms with Crippen molar-refractivity contribution in [2.24, 2.45) is 11.7 Å². The van der Waals surface area contributed by atoms with Crippen molar-refractivity contribution in [2.45, 2.75) is 32.4 Å². The van der Waals surface area contributed by atoms with E-state index in [0.29, 0.717) is 12.0 Å². The fourth-order valence-corrected chi connectivity index (χ4v) is 3.35. The standard InChI is InChI=1S/C17H23N3/c1-12(2)11-20-10-8-15(18)17(20)14-7-3-5-13-6-4-9-19-16(13)14/h3-7,9,12,15,17H,8,10-11,18H2,1-2H3. The molecule has 106 valence electrons. The second-order valence-electron chi connectivity index (χ2n) is 6.21. The molecule has 0 aliphatic carbocycles. The lowest BCUT2D eigenvalue weighted by Crippen LogP contribution is -2.34. The summed E-state index contributed by atoms with van der Waals surface area (Å²) in [6, 6.07) is 11.1. The third kappa shape index (κ3) is 2.43. The van der Waals surface area contributed by atoms with E-state index in [1.807, 2.05) is 12.3 Å². The van der Waals surface area contributed by atoms with Crippen LogP contribution in [0.2, 0.25) is 0 Å². The van der Waals surface area contributed by atoms with E-state index in [9.17, 15) is 0 Å². The molecule has 1 fully saturated rings. The van der Waals surface area contributed by atoms with Crippen molar-refractivity contribution in [2.75, 3.05) is 13.1 Å². The van der Waals surface area contributed by atoms with Gasteiger partial charge in [0.1, 0.15) is 0 Å². The average Bonchev–Trinajstić information content (AvgIpc) is 2.78. The molecule has 1 saturated heterocycles. The maximum atomic E-state index is 6.40. The molecule has 1 aromatic carbocycles. The number of fused-ring (bicyclic) bond motifs is 1. The SMILES string of the molecule is CC(C)CN1CCC(N)C1c1cccc2cccnc12. The molecule has 0 amide bonds. The van der Waals surface area contributed by atoms with Crippen molar-refractivity contribution >= 4 is 10.9 Å². The molecule has 2 N–H and O–H groups in total. The van der Waals surface area contributed by atoms with Gasteiger partial charge in [0.25, 0.3) is 0 Å². The van der Waals surface area contributed by atoms with E-state index in [0.717, 1.165) is 25.0 Å².